The van der Waals surface area contributed by atoms with Crippen LogP contribution in [0.15, 0.2) is 29.4 Å². The van der Waals surface area contributed by atoms with E-state index in [2.05, 4.69) is 21.6 Å². The standard InChI is InChI=1S/C24H27N5O3S2/c1-4-29-22(15(2)32-17-11-9-16(31-3)10-12-17)27-28-24(29)33-14-21(30)26-23-19(13-25)18-7-5-6-8-20(18)34-23/h9-12,15H,4-8,14H2,1-3H3,(H,26,30). The monoisotopic (exact) mass is 497 g/mol. The van der Waals surface area contributed by atoms with Crippen LogP contribution in [0.5, 0.6) is 11.5 Å². The second-order valence-electron chi connectivity index (χ2n) is 7.88. The number of methoxy groups -OCH3 is 1. The van der Waals surface area contributed by atoms with E-state index in [1.165, 1.54) is 28.0 Å². The normalized spacial score (nSPS) is 13.6. The van der Waals surface area contributed by atoms with Gasteiger partial charge in [0.25, 0.3) is 0 Å². The Morgan fingerprint density at radius 2 is 2.00 bits per heavy atom. The number of ether oxygens (including phenoxy) is 2. The van der Waals surface area contributed by atoms with Crippen molar-refractivity contribution in [2.75, 3.05) is 18.2 Å². The molecule has 0 aliphatic heterocycles. The van der Waals surface area contributed by atoms with Crippen LogP contribution in [0.2, 0.25) is 0 Å². The van der Waals surface area contributed by atoms with E-state index in [0.717, 1.165) is 37.0 Å². The van der Waals surface area contributed by atoms with Crippen LogP contribution in [0.4, 0.5) is 5.00 Å². The number of aryl methyl sites for hydroxylation is 1. The molecule has 2 aromatic heterocycles. The van der Waals surface area contributed by atoms with E-state index in [4.69, 9.17) is 9.47 Å². The largest absolute Gasteiger partial charge is 0.497 e. The summed E-state index contributed by atoms with van der Waals surface area (Å²) in [5.74, 6) is 2.19. The fraction of sp³-hybridized carbons (Fsp3) is 0.417. The van der Waals surface area contributed by atoms with Crippen LogP contribution in [0.1, 0.15) is 54.6 Å². The molecule has 0 bridgehead atoms. The first-order chi connectivity index (χ1) is 16.5. The number of amides is 1. The molecule has 8 nitrogen and oxygen atoms in total. The number of fused-ring (bicyclic) bond motifs is 1. The van der Waals surface area contributed by atoms with Crippen molar-refractivity contribution < 1.29 is 14.3 Å². The number of nitriles is 1. The molecule has 0 saturated carbocycles. The molecule has 0 saturated heterocycles. The Hall–Kier alpha value is -3.03. The minimum absolute atomic E-state index is 0.158. The first kappa shape index (κ1) is 24.1. The van der Waals surface area contributed by atoms with E-state index < -0.39 is 0 Å². The summed E-state index contributed by atoms with van der Waals surface area (Å²) in [6, 6.07) is 9.66. The highest BCUT2D eigenvalue weighted by molar-refractivity contribution is 7.99. The first-order valence-electron chi connectivity index (χ1n) is 11.2. The first-order valence-corrected chi connectivity index (χ1v) is 13.0. The van der Waals surface area contributed by atoms with Gasteiger partial charge >= 0.3 is 0 Å². The van der Waals surface area contributed by atoms with E-state index in [0.29, 0.717) is 33.8 Å². The van der Waals surface area contributed by atoms with Gasteiger partial charge in [-0.2, -0.15) is 5.26 Å². The second-order valence-corrected chi connectivity index (χ2v) is 9.93. The molecule has 2 heterocycles. The highest BCUT2D eigenvalue weighted by Crippen LogP contribution is 2.37. The van der Waals surface area contributed by atoms with E-state index in [-0.39, 0.29) is 17.8 Å². The minimum Gasteiger partial charge on any atom is -0.497 e. The van der Waals surface area contributed by atoms with Gasteiger partial charge in [-0.1, -0.05) is 11.8 Å². The van der Waals surface area contributed by atoms with Crippen LogP contribution < -0.4 is 14.8 Å². The number of hydrogen-bond acceptors (Lipinski definition) is 8. The predicted octanol–water partition coefficient (Wildman–Crippen LogP) is 4.99. The molecule has 1 N–H and O–H groups in total. The SMILES string of the molecule is CCn1c(SCC(=O)Nc2sc3c(c2C#N)CCCC3)nnc1C(C)Oc1ccc(OC)cc1. The molecule has 4 rings (SSSR count). The average Bonchev–Trinajstić information content (AvgIpc) is 3.43. The summed E-state index contributed by atoms with van der Waals surface area (Å²) < 4.78 is 13.2. The molecule has 1 amide bonds. The zero-order valence-corrected chi connectivity index (χ0v) is 21.1. The molecule has 3 aromatic rings. The van der Waals surface area contributed by atoms with Crippen molar-refractivity contribution in [3.63, 3.8) is 0 Å². The Kier molecular flexibility index (Phi) is 7.75. The number of carbonyl (C=O) groups is 1. The number of rotatable bonds is 9. The summed E-state index contributed by atoms with van der Waals surface area (Å²) in [6.07, 6.45) is 3.81. The van der Waals surface area contributed by atoms with Gasteiger partial charge in [-0.25, -0.2) is 0 Å². The predicted molar refractivity (Wildman–Crippen MR) is 133 cm³/mol. The van der Waals surface area contributed by atoms with E-state index in [1.807, 2.05) is 42.7 Å². The Bertz CT molecular complexity index is 1200. The van der Waals surface area contributed by atoms with E-state index in [9.17, 15) is 10.1 Å². The highest BCUT2D eigenvalue weighted by atomic mass is 32.2. The number of carbonyl (C=O) groups excluding carboxylic acids is 1. The number of thioether (sulfide) groups is 1. The van der Waals surface area contributed by atoms with Gasteiger partial charge in [-0.3, -0.25) is 4.79 Å². The molecule has 178 valence electrons. The molecule has 1 atom stereocenters. The van der Waals surface area contributed by atoms with Crippen LogP contribution in [0.25, 0.3) is 0 Å². The van der Waals surface area contributed by atoms with Gasteiger partial charge in [0.2, 0.25) is 5.91 Å². The van der Waals surface area contributed by atoms with Gasteiger partial charge in [-0.05, 0) is 69.4 Å². The van der Waals surface area contributed by atoms with E-state index in [1.54, 1.807) is 7.11 Å². The number of hydrogen-bond donors (Lipinski definition) is 1. The third-order valence-electron chi connectivity index (χ3n) is 5.67. The lowest BCUT2D eigenvalue weighted by atomic mass is 9.96. The van der Waals surface area contributed by atoms with Gasteiger partial charge in [-0.15, -0.1) is 21.5 Å². The summed E-state index contributed by atoms with van der Waals surface area (Å²) in [4.78, 5) is 13.9. The van der Waals surface area contributed by atoms with Crippen molar-refractivity contribution in [2.45, 2.75) is 57.3 Å². The van der Waals surface area contributed by atoms with Crippen LogP contribution in [-0.4, -0.2) is 33.5 Å². The summed E-state index contributed by atoms with van der Waals surface area (Å²) in [5, 5.41) is 22.5. The van der Waals surface area contributed by atoms with Crippen molar-refractivity contribution in [1.29, 1.82) is 5.26 Å². The summed E-state index contributed by atoms with van der Waals surface area (Å²) in [6.45, 7) is 4.58. The minimum atomic E-state index is -0.320. The number of nitrogens with zero attached hydrogens (tertiary/aromatic N) is 4. The molecule has 1 unspecified atom stereocenters. The molecular formula is C24H27N5O3S2. The summed E-state index contributed by atoms with van der Waals surface area (Å²) in [5.41, 5.74) is 1.74. The fourth-order valence-electron chi connectivity index (χ4n) is 3.98. The third-order valence-corrected chi connectivity index (χ3v) is 7.84. The van der Waals surface area contributed by atoms with Crippen molar-refractivity contribution in [3.8, 4) is 17.6 Å². The molecule has 1 aliphatic rings. The van der Waals surface area contributed by atoms with Crippen LogP contribution in [-0.2, 0) is 24.2 Å². The van der Waals surface area contributed by atoms with Crippen molar-refractivity contribution in [2.24, 2.45) is 0 Å². The van der Waals surface area contributed by atoms with Gasteiger partial charge in [0.05, 0.1) is 18.4 Å². The topological polar surface area (TPSA) is 102 Å². The Morgan fingerprint density at radius 1 is 1.26 bits per heavy atom. The molecular weight excluding hydrogens is 470 g/mol. The molecule has 10 heteroatoms. The molecule has 0 spiro atoms. The number of thiophene rings is 1. The highest BCUT2D eigenvalue weighted by Gasteiger charge is 2.23. The van der Waals surface area contributed by atoms with Gasteiger partial charge in [0.1, 0.15) is 22.6 Å². The van der Waals surface area contributed by atoms with Crippen LogP contribution in [0, 0.1) is 11.3 Å². The smallest absolute Gasteiger partial charge is 0.235 e. The lowest BCUT2D eigenvalue weighted by Gasteiger charge is -2.15. The van der Waals surface area contributed by atoms with Crippen molar-refractivity contribution in [3.05, 3.63) is 46.1 Å². The molecule has 1 aromatic carbocycles. The Labute approximate surface area is 207 Å². The Morgan fingerprint density at radius 3 is 2.71 bits per heavy atom. The van der Waals surface area contributed by atoms with Gasteiger partial charge in [0, 0.05) is 11.4 Å². The molecule has 34 heavy (non-hydrogen) atoms. The zero-order chi connectivity index (χ0) is 24.1. The quantitative estimate of drug-likeness (QED) is 0.416. The maximum Gasteiger partial charge on any atom is 0.235 e. The second kappa shape index (κ2) is 10.9. The number of aromatic nitrogens is 3. The van der Waals surface area contributed by atoms with Gasteiger partial charge < -0.3 is 19.4 Å². The molecule has 0 radical (unpaired) electrons. The zero-order valence-electron chi connectivity index (χ0n) is 19.5. The summed E-state index contributed by atoms with van der Waals surface area (Å²) >= 11 is 2.86. The van der Waals surface area contributed by atoms with Crippen molar-refractivity contribution >= 4 is 34.0 Å². The third kappa shape index (κ3) is 5.21. The van der Waals surface area contributed by atoms with Crippen molar-refractivity contribution in [1.82, 2.24) is 14.8 Å². The van der Waals surface area contributed by atoms with Gasteiger partial charge in [0.15, 0.2) is 17.1 Å². The lowest BCUT2D eigenvalue weighted by molar-refractivity contribution is -0.113. The van der Waals surface area contributed by atoms with Crippen LogP contribution >= 0.6 is 23.1 Å². The number of anilines is 1. The van der Waals surface area contributed by atoms with E-state index >= 15 is 0 Å². The molecule has 1 aliphatic carbocycles. The Balaban J connectivity index is 1.39. The average molecular weight is 498 g/mol. The van der Waals surface area contributed by atoms with Crippen LogP contribution in [0.3, 0.4) is 0 Å². The number of nitrogens with one attached hydrogen (secondary N) is 1. The fourth-order valence-corrected chi connectivity index (χ4v) is 6.05. The number of benzene rings is 1. The molecule has 0 fully saturated rings. The maximum absolute atomic E-state index is 12.7. The lowest BCUT2D eigenvalue weighted by Crippen LogP contribution is -2.15. The maximum atomic E-state index is 12.7. The summed E-state index contributed by atoms with van der Waals surface area (Å²) in [7, 11) is 1.62.